The highest BCUT2D eigenvalue weighted by Gasteiger charge is 2.39. The van der Waals surface area contributed by atoms with Crippen LogP contribution in [0.3, 0.4) is 0 Å². The summed E-state index contributed by atoms with van der Waals surface area (Å²) in [5, 5.41) is 13.7. The van der Waals surface area contributed by atoms with Gasteiger partial charge in [0.05, 0.1) is 17.4 Å². The van der Waals surface area contributed by atoms with Gasteiger partial charge in [-0.2, -0.15) is 12.7 Å². The summed E-state index contributed by atoms with van der Waals surface area (Å²) in [6, 6.07) is 15.9. The molecule has 328 valence electrons. The number of β-amino-alcohol motifs (C(OH)–C–C–N with tert-alkyl or cyclic N) is 1. The molecule has 4 N–H and O–H groups in total. The molecule has 0 aliphatic carbocycles. The maximum atomic E-state index is 15.7. The standard InChI is InChI=1S/C44H43F3N8O7S/c45-29-11-12-54(23-29)63(61,62)51-36-8-7-35(46)39(40(36)47)41(58)34-21-49-42-33(34)19-27(20-48-42)26-3-1-25(2-4-26)17-31(56)24-52-13-15-53(16-14-52)30-5-6-32-28(18-30)22-55(44(32)60)37-9-10-38(57)50-43(37)59/h1-8,18-21,29,31,37,51,56H,9-17,22-24H2,(H,48,49)(H,50,57,59)/t29-,31-,37?/m1/s1. The van der Waals surface area contributed by atoms with E-state index in [0.717, 1.165) is 65.0 Å². The molecule has 3 saturated heterocycles. The summed E-state index contributed by atoms with van der Waals surface area (Å²) in [5.74, 6) is -4.61. The van der Waals surface area contributed by atoms with Crippen LogP contribution in [0.2, 0.25) is 0 Å². The number of imide groups is 1. The van der Waals surface area contributed by atoms with E-state index in [1.165, 1.54) is 6.20 Å². The first-order valence-electron chi connectivity index (χ1n) is 20.7. The Bertz CT molecular complexity index is 2760. The molecule has 15 nitrogen and oxygen atoms in total. The lowest BCUT2D eigenvalue weighted by Crippen LogP contribution is -2.52. The zero-order valence-electron chi connectivity index (χ0n) is 33.8. The largest absolute Gasteiger partial charge is 0.391 e. The van der Waals surface area contributed by atoms with Crippen molar-refractivity contribution in [1.29, 1.82) is 0 Å². The molecule has 3 fully saturated rings. The van der Waals surface area contributed by atoms with Crippen molar-refractivity contribution in [3.8, 4) is 11.1 Å². The van der Waals surface area contributed by atoms with Gasteiger partial charge < -0.3 is 19.9 Å². The normalized spacial score (nSPS) is 20.3. The van der Waals surface area contributed by atoms with Gasteiger partial charge in [0.15, 0.2) is 5.82 Å². The van der Waals surface area contributed by atoms with Crippen LogP contribution in [0.25, 0.3) is 22.2 Å². The first kappa shape index (κ1) is 42.2. The number of aliphatic hydroxyl groups is 1. The van der Waals surface area contributed by atoms with Crippen LogP contribution in [-0.2, 0) is 32.8 Å². The Balaban J connectivity index is 0.805. The zero-order chi connectivity index (χ0) is 44.2. The summed E-state index contributed by atoms with van der Waals surface area (Å²) in [7, 11) is -4.37. The molecule has 5 aromatic rings. The van der Waals surface area contributed by atoms with E-state index in [9.17, 15) is 37.1 Å². The number of carbonyl (C=O) groups excluding carboxylic acids is 4. The molecule has 1 unspecified atom stereocenters. The number of halogens is 3. The van der Waals surface area contributed by atoms with E-state index >= 15 is 8.78 Å². The second-order valence-corrected chi connectivity index (χ2v) is 18.0. The van der Waals surface area contributed by atoms with Crippen molar-refractivity contribution >= 4 is 56.1 Å². The van der Waals surface area contributed by atoms with Crippen molar-refractivity contribution in [2.75, 3.05) is 55.4 Å². The van der Waals surface area contributed by atoms with Crippen LogP contribution in [-0.4, -0.2) is 125 Å². The quantitative estimate of drug-likeness (QED) is 0.106. The lowest BCUT2D eigenvalue weighted by Gasteiger charge is -2.37. The fourth-order valence-corrected chi connectivity index (χ4v) is 10.1. The Morgan fingerprint density at radius 3 is 2.46 bits per heavy atom. The van der Waals surface area contributed by atoms with E-state index in [0.29, 0.717) is 37.1 Å². The molecule has 63 heavy (non-hydrogen) atoms. The molecular weight excluding hydrogens is 842 g/mol. The van der Waals surface area contributed by atoms with E-state index < -0.39 is 69.6 Å². The monoisotopic (exact) mass is 884 g/mol. The Morgan fingerprint density at radius 1 is 0.952 bits per heavy atom. The van der Waals surface area contributed by atoms with Crippen molar-refractivity contribution in [1.82, 2.24) is 29.4 Å². The predicted octanol–water partition coefficient (Wildman–Crippen LogP) is 3.93. The molecule has 0 radical (unpaired) electrons. The number of aromatic nitrogens is 2. The topological polar surface area (TPSA) is 188 Å². The summed E-state index contributed by atoms with van der Waals surface area (Å²) >= 11 is 0. The van der Waals surface area contributed by atoms with Gasteiger partial charge in [-0.1, -0.05) is 24.3 Å². The predicted molar refractivity (Wildman–Crippen MR) is 226 cm³/mol. The van der Waals surface area contributed by atoms with Gasteiger partial charge >= 0.3 is 10.2 Å². The number of piperidine rings is 1. The van der Waals surface area contributed by atoms with Crippen LogP contribution in [0.15, 0.2) is 73.1 Å². The van der Waals surface area contributed by atoms with E-state index in [4.69, 9.17) is 0 Å². The Kier molecular flexibility index (Phi) is 11.3. The van der Waals surface area contributed by atoms with Gasteiger partial charge in [-0.05, 0) is 72.4 Å². The number of piperazine rings is 1. The molecule has 2 aromatic heterocycles. The van der Waals surface area contributed by atoms with Crippen LogP contribution >= 0.6 is 0 Å². The fraction of sp³-hybridized carbons (Fsp3) is 0.341. The van der Waals surface area contributed by atoms with Crippen molar-refractivity contribution < 1.29 is 45.9 Å². The number of hydrogen-bond donors (Lipinski definition) is 4. The third-order valence-electron chi connectivity index (χ3n) is 12.2. The number of ketones is 1. The molecule has 3 aromatic carbocycles. The second kappa shape index (κ2) is 16.9. The van der Waals surface area contributed by atoms with Gasteiger partial charge in [-0.15, -0.1) is 0 Å². The minimum Gasteiger partial charge on any atom is -0.391 e. The van der Waals surface area contributed by atoms with Crippen LogP contribution in [0.1, 0.15) is 56.7 Å². The highest BCUT2D eigenvalue weighted by molar-refractivity contribution is 7.90. The minimum absolute atomic E-state index is 0.00874. The number of H-pyrrole nitrogens is 1. The third-order valence-corrected chi connectivity index (χ3v) is 13.7. The lowest BCUT2D eigenvalue weighted by molar-refractivity contribution is -0.136. The van der Waals surface area contributed by atoms with Crippen molar-refractivity contribution in [2.45, 2.75) is 50.5 Å². The molecule has 0 saturated carbocycles. The Labute approximate surface area is 360 Å². The van der Waals surface area contributed by atoms with Gasteiger partial charge in [-0.3, -0.25) is 34.1 Å². The number of aliphatic hydroxyl groups excluding tert-OH is 1. The Hall–Kier alpha value is -6.15. The van der Waals surface area contributed by atoms with Crippen molar-refractivity contribution in [3.05, 3.63) is 113 Å². The number of alkyl halides is 1. The lowest BCUT2D eigenvalue weighted by atomic mass is 9.99. The molecule has 3 atom stereocenters. The van der Waals surface area contributed by atoms with E-state index in [2.05, 4.69) is 25.1 Å². The number of nitrogens with zero attached hydrogens (tertiary/aromatic N) is 5. The van der Waals surface area contributed by atoms with Gasteiger partial charge in [-0.25, -0.2) is 18.2 Å². The number of aromatic amines is 1. The van der Waals surface area contributed by atoms with Crippen LogP contribution in [0, 0.1) is 11.6 Å². The number of nitrogens with one attached hydrogen (secondary N) is 3. The molecule has 4 aliphatic rings. The highest BCUT2D eigenvalue weighted by Crippen LogP contribution is 2.33. The van der Waals surface area contributed by atoms with Gasteiger partial charge in [0.1, 0.15) is 23.7 Å². The minimum atomic E-state index is -4.37. The average molecular weight is 885 g/mol. The summed E-state index contributed by atoms with van der Waals surface area (Å²) in [5.41, 5.74) is 3.24. The maximum Gasteiger partial charge on any atom is 0.301 e. The molecule has 6 heterocycles. The summed E-state index contributed by atoms with van der Waals surface area (Å²) in [4.78, 5) is 64.1. The number of anilines is 2. The third kappa shape index (κ3) is 8.40. The number of rotatable bonds is 12. The smallest absolute Gasteiger partial charge is 0.301 e. The first-order valence-corrected chi connectivity index (χ1v) is 22.1. The Morgan fingerprint density at radius 2 is 1.73 bits per heavy atom. The van der Waals surface area contributed by atoms with Gasteiger partial charge in [0.25, 0.3) is 5.91 Å². The van der Waals surface area contributed by atoms with Crippen LogP contribution in [0.4, 0.5) is 24.5 Å². The molecule has 19 heteroatoms. The zero-order valence-corrected chi connectivity index (χ0v) is 34.6. The van der Waals surface area contributed by atoms with Crippen LogP contribution < -0.4 is 14.9 Å². The van der Waals surface area contributed by atoms with Crippen LogP contribution in [0.5, 0.6) is 0 Å². The van der Waals surface area contributed by atoms with Gasteiger partial charge in [0.2, 0.25) is 17.6 Å². The molecule has 0 bridgehead atoms. The fourth-order valence-electron chi connectivity index (χ4n) is 8.85. The number of hydrogen-bond acceptors (Lipinski definition) is 10. The molecule has 9 rings (SSSR count). The number of carbonyl (C=O) groups is 4. The summed E-state index contributed by atoms with van der Waals surface area (Å²) in [6.45, 7) is 3.15. The number of amides is 3. The summed E-state index contributed by atoms with van der Waals surface area (Å²) in [6.07, 6.45) is 1.77. The molecule has 3 amide bonds. The molecule has 0 spiro atoms. The number of pyridine rings is 1. The molecule has 4 aliphatic heterocycles. The second-order valence-electron chi connectivity index (χ2n) is 16.4. The molecular formula is C44H43F3N8O7S. The number of benzene rings is 3. The van der Waals surface area contributed by atoms with E-state index in [-0.39, 0.29) is 47.8 Å². The van der Waals surface area contributed by atoms with Crippen molar-refractivity contribution in [2.24, 2.45) is 0 Å². The van der Waals surface area contributed by atoms with E-state index in [1.54, 1.807) is 23.2 Å². The number of fused-ring (bicyclic) bond motifs is 2. The summed E-state index contributed by atoms with van der Waals surface area (Å²) < 4.78 is 72.9. The first-order chi connectivity index (χ1) is 30.2. The average Bonchev–Trinajstić information content (AvgIpc) is 3.99. The maximum absolute atomic E-state index is 15.7. The highest BCUT2D eigenvalue weighted by atomic mass is 32.2. The van der Waals surface area contributed by atoms with Crippen molar-refractivity contribution in [3.63, 3.8) is 0 Å². The SMILES string of the molecule is O=C1CCC(N2Cc3cc(N4CCN(C[C@H](O)Cc5ccc(-c6cnc7[nH]cc(C(=O)c8c(F)ccc(NS(=O)(=O)N9CC[C@@H](F)C9)c8F)c7c6)cc5)CC4)ccc3C2=O)C(=O)N1. The van der Waals surface area contributed by atoms with E-state index in [1.807, 2.05) is 41.1 Å². The van der Waals surface area contributed by atoms with Gasteiger partial charge in [0, 0.05) is 98.9 Å².